The summed E-state index contributed by atoms with van der Waals surface area (Å²) in [7, 11) is 0. The lowest BCUT2D eigenvalue weighted by Gasteiger charge is -1.90. The van der Waals surface area contributed by atoms with E-state index in [9.17, 15) is 0 Å². The van der Waals surface area contributed by atoms with Crippen LogP contribution < -0.4 is 4.57 Å². The van der Waals surface area contributed by atoms with Crippen molar-refractivity contribution in [3.8, 4) is 0 Å². The summed E-state index contributed by atoms with van der Waals surface area (Å²) in [6.07, 6.45) is 1.96. The van der Waals surface area contributed by atoms with Crippen LogP contribution in [-0.2, 0) is 6.54 Å². The number of halogens is 1. The van der Waals surface area contributed by atoms with Crippen molar-refractivity contribution in [2.24, 2.45) is 0 Å². The summed E-state index contributed by atoms with van der Waals surface area (Å²) < 4.78 is 1.97. The van der Waals surface area contributed by atoms with Crippen LogP contribution in [0.25, 0.3) is 0 Å². The fourth-order valence-electron chi connectivity index (χ4n) is 1.10. The van der Waals surface area contributed by atoms with E-state index in [1.54, 1.807) is 0 Å². The highest BCUT2D eigenvalue weighted by atomic mass is 35.5. The maximum Gasteiger partial charge on any atom is 0.274 e. The van der Waals surface area contributed by atoms with Crippen LogP contribution in [0.1, 0.15) is 6.92 Å². The second kappa shape index (κ2) is 7.02. The normalized spacial score (nSPS) is 8.93. The van der Waals surface area contributed by atoms with E-state index in [0.29, 0.717) is 0 Å². The van der Waals surface area contributed by atoms with Gasteiger partial charge in [0.15, 0.2) is 6.20 Å². The van der Waals surface area contributed by atoms with Crippen molar-refractivity contribution >= 4 is 11.6 Å². The fourth-order valence-corrected chi connectivity index (χ4v) is 1.35. The monoisotopic (exact) mass is 220 g/mol. The van der Waals surface area contributed by atoms with Gasteiger partial charge >= 0.3 is 0 Å². The van der Waals surface area contributed by atoms with Gasteiger partial charge in [0.1, 0.15) is 6.54 Å². The van der Waals surface area contributed by atoms with E-state index in [0.717, 1.165) is 11.7 Å². The van der Waals surface area contributed by atoms with Gasteiger partial charge in [0, 0.05) is 12.1 Å². The number of pyridine rings is 1. The third-order valence-electron chi connectivity index (χ3n) is 1.89. The van der Waals surface area contributed by atoms with Gasteiger partial charge in [0.25, 0.3) is 5.15 Å². The molecule has 0 aliphatic carbocycles. The molecule has 0 unspecified atom stereocenters. The molecule has 15 heavy (non-hydrogen) atoms. The Morgan fingerprint density at radius 1 is 0.933 bits per heavy atom. The summed E-state index contributed by atoms with van der Waals surface area (Å²) in [4.78, 5) is 0. The molecule has 2 aromatic rings. The van der Waals surface area contributed by atoms with Crippen LogP contribution >= 0.6 is 11.6 Å². The maximum atomic E-state index is 5.79. The van der Waals surface area contributed by atoms with Crippen molar-refractivity contribution in [3.63, 3.8) is 0 Å². The molecule has 0 saturated carbocycles. The standard InChI is InChI=1S/C7H9ClN.C6H6/c1-2-9-6-4-3-5-7(9)8;1-2-4-6-5-3-1/h3-6H,2H2,1H3;1-6H/q+1;. The lowest BCUT2D eigenvalue weighted by Crippen LogP contribution is -2.32. The molecule has 2 rings (SSSR count). The van der Waals surface area contributed by atoms with Gasteiger partial charge in [0.2, 0.25) is 0 Å². The Bertz CT molecular complexity index is 347. The number of aryl methyl sites for hydroxylation is 1. The van der Waals surface area contributed by atoms with Crippen LogP contribution in [0.3, 0.4) is 0 Å². The van der Waals surface area contributed by atoms with Crippen LogP contribution in [0.2, 0.25) is 5.15 Å². The quantitative estimate of drug-likeness (QED) is 0.513. The molecule has 0 spiro atoms. The Morgan fingerprint density at radius 2 is 1.47 bits per heavy atom. The van der Waals surface area contributed by atoms with Crippen LogP contribution in [0, 0.1) is 0 Å². The topological polar surface area (TPSA) is 3.88 Å². The van der Waals surface area contributed by atoms with Gasteiger partial charge in [-0.3, -0.25) is 0 Å². The molecule has 1 aromatic carbocycles. The molecular weight excluding hydrogens is 206 g/mol. The molecule has 78 valence electrons. The summed E-state index contributed by atoms with van der Waals surface area (Å²) in [5.74, 6) is 0. The van der Waals surface area contributed by atoms with Crippen LogP contribution in [0.15, 0.2) is 60.8 Å². The van der Waals surface area contributed by atoms with Gasteiger partial charge in [-0.15, -0.1) is 0 Å². The number of hydrogen-bond acceptors (Lipinski definition) is 0. The molecule has 1 heterocycles. The number of benzene rings is 1. The van der Waals surface area contributed by atoms with E-state index in [1.807, 2.05) is 65.4 Å². The highest BCUT2D eigenvalue weighted by Crippen LogP contribution is 1.97. The molecule has 0 saturated heterocycles. The number of rotatable bonds is 1. The van der Waals surface area contributed by atoms with Gasteiger partial charge < -0.3 is 0 Å². The smallest absolute Gasteiger partial charge is 0.189 e. The Hall–Kier alpha value is -1.34. The molecule has 0 aliphatic rings. The fraction of sp³-hybridized carbons (Fsp3) is 0.154. The molecule has 0 radical (unpaired) electrons. The summed E-state index contributed by atoms with van der Waals surface area (Å²) in [6, 6.07) is 17.8. The Balaban J connectivity index is 0.000000162. The first-order chi connectivity index (χ1) is 7.34. The predicted molar refractivity (Wildman–Crippen MR) is 63.8 cm³/mol. The molecule has 0 amide bonds. The van der Waals surface area contributed by atoms with Gasteiger partial charge in [-0.2, -0.15) is 4.57 Å². The minimum atomic E-state index is 0.792. The summed E-state index contributed by atoms with van der Waals surface area (Å²) in [5, 5.41) is 0.792. The van der Waals surface area contributed by atoms with Crippen molar-refractivity contribution < 1.29 is 4.57 Å². The SMILES string of the molecule is CC[n+]1ccccc1Cl.c1ccccc1. The highest BCUT2D eigenvalue weighted by Gasteiger charge is 1.99. The zero-order valence-corrected chi connectivity index (χ0v) is 9.56. The summed E-state index contributed by atoms with van der Waals surface area (Å²) in [5.41, 5.74) is 0. The maximum absolute atomic E-state index is 5.79. The molecule has 0 fully saturated rings. The first kappa shape index (κ1) is 11.7. The van der Waals surface area contributed by atoms with E-state index in [4.69, 9.17) is 11.6 Å². The van der Waals surface area contributed by atoms with E-state index in [2.05, 4.69) is 6.92 Å². The number of hydrogen-bond donors (Lipinski definition) is 0. The number of aromatic nitrogens is 1. The zero-order valence-electron chi connectivity index (χ0n) is 8.81. The van der Waals surface area contributed by atoms with Crippen molar-refractivity contribution in [3.05, 3.63) is 65.9 Å². The Labute approximate surface area is 96.0 Å². The minimum absolute atomic E-state index is 0.792. The van der Waals surface area contributed by atoms with Crippen molar-refractivity contribution in [1.82, 2.24) is 0 Å². The van der Waals surface area contributed by atoms with Crippen LogP contribution in [0.5, 0.6) is 0 Å². The summed E-state index contributed by atoms with van der Waals surface area (Å²) >= 11 is 5.79. The largest absolute Gasteiger partial charge is 0.274 e. The highest BCUT2D eigenvalue weighted by molar-refractivity contribution is 6.28. The van der Waals surface area contributed by atoms with Gasteiger partial charge in [-0.05, 0) is 24.6 Å². The Kier molecular flexibility index (Phi) is 5.49. The molecule has 2 heteroatoms. The number of nitrogens with zero attached hydrogens (tertiary/aromatic N) is 1. The molecule has 1 aromatic heterocycles. The van der Waals surface area contributed by atoms with E-state index in [-0.39, 0.29) is 0 Å². The minimum Gasteiger partial charge on any atom is -0.189 e. The molecular formula is C13H15ClN+. The van der Waals surface area contributed by atoms with Crippen LogP contribution in [-0.4, -0.2) is 0 Å². The molecule has 1 nitrogen and oxygen atoms in total. The predicted octanol–water partition coefficient (Wildman–Crippen LogP) is 3.33. The second-order valence-electron chi connectivity index (χ2n) is 2.96. The molecule has 0 N–H and O–H groups in total. The third-order valence-corrected chi connectivity index (χ3v) is 2.24. The molecule has 0 bridgehead atoms. The van der Waals surface area contributed by atoms with E-state index >= 15 is 0 Å². The van der Waals surface area contributed by atoms with Crippen molar-refractivity contribution in [2.75, 3.05) is 0 Å². The first-order valence-corrected chi connectivity index (χ1v) is 5.36. The average Bonchev–Trinajstić information content (AvgIpc) is 2.33. The van der Waals surface area contributed by atoms with Gasteiger partial charge in [-0.1, -0.05) is 36.4 Å². The molecule has 0 aliphatic heterocycles. The first-order valence-electron chi connectivity index (χ1n) is 4.98. The van der Waals surface area contributed by atoms with Gasteiger partial charge in [-0.25, -0.2) is 0 Å². The van der Waals surface area contributed by atoms with E-state index in [1.165, 1.54) is 0 Å². The van der Waals surface area contributed by atoms with Gasteiger partial charge in [0.05, 0.1) is 0 Å². The summed E-state index contributed by atoms with van der Waals surface area (Å²) in [6.45, 7) is 2.99. The average molecular weight is 221 g/mol. The lowest BCUT2D eigenvalue weighted by atomic mass is 10.4. The lowest BCUT2D eigenvalue weighted by molar-refractivity contribution is -0.691. The molecule has 0 atom stereocenters. The zero-order chi connectivity index (χ0) is 10.9. The Morgan fingerprint density at radius 3 is 1.80 bits per heavy atom. The van der Waals surface area contributed by atoms with Crippen LogP contribution in [0.4, 0.5) is 0 Å². The van der Waals surface area contributed by atoms with E-state index < -0.39 is 0 Å². The van der Waals surface area contributed by atoms with Crippen molar-refractivity contribution in [1.29, 1.82) is 0 Å². The second-order valence-corrected chi connectivity index (χ2v) is 3.35. The third kappa shape index (κ3) is 4.61. The van der Waals surface area contributed by atoms with Crippen molar-refractivity contribution in [2.45, 2.75) is 13.5 Å².